The first-order valence-corrected chi connectivity index (χ1v) is 9.70. The second-order valence-corrected chi connectivity index (χ2v) is 7.71. The maximum Gasteiger partial charge on any atom is 0.251 e. The van der Waals surface area contributed by atoms with Crippen LogP contribution in [0.2, 0.25) is 10.0 Å². The monoisotopic (exact) mass is 386 g/mol. The predicted molar refractivity (Wildman–Crippen MR) is 97.4 cm³/mol. The molecule has 0 atom stereocenters. The van der Waals surface area contributed by atoms with E-state index in [4.69, 9.17) is 23.2 Å². The summed E-state index contributed by atoms with van der Waals surface area (Å²) in [5.41, 5.74) is 1.54. The van der Waals surface area contributed by atoms with Crippen molar-refractivity contribution >= 4 is 44.8 Å². The first-order chi connectivity index (χ1) is 11.3. The van der Waals surface area contributed by atoms with Crippen molar-refractivity contribution in [2.45, 2.75) is 6.42 Å². The van der Waals surface area contributed by atoms with Crippen LogP contribution in [0, 0.1) is 0 Å². The number of halogens is 2. The van der Waals surface area contributed by atoms with Gasteiger partial charge in [0.1, 0.15) is 0 Å². The molecule has 0 aliphatic heterocycles. The number of hydrogen-bond acceptors (Lipinski definition) is 3. The van der Waals surface area contributed by atoms with Crippen LogP contribution in [0.1, 0.15) is 15.9 Å². The molecule has 0 aliphatic rings. The SMILES string of the molecule is CS(=O)(=O)Nc1cccc(C(=O)NCCc2cccc(Cl)c2Cl)c1. The molecule has 8 heteroatoms. The maximum absolute atomic E-state index is 12.2. The lowest BCUT2D eigenvalue weighted by Crippen LogP contribution is -2.25. The van der Waals surface area contributed by atoms with Gasteiger partial charge in [-0.15, -0.1) is 0 Å². The zero-order valence-electron chi connectivity index (χ0n) is 12.8. The Morgan fingerprint density at radius 2 is 1.83 bits per heavy atom. The van der Waals surface area contributed by atoms with Gasteiger partial charge >= 0.3 is 0 Å². The van der Waals surface area contributed by atoms with Gasteiger partial charge in [0.05, 0.1) is 16.3 Å². The van der Waals surface area contributed by atoms with Gasteiger partial charge < -0.3 is 5.32 Å². The van der Waals surface area contributed by atoms with Gasteiger partial charge in [-0.3, -0.25) is 9.52 Å². The molecular weight excluding hydrogens is 371 g/mol. The number of amides is 1. The lowest BCUT2D eigenvalue weighted by Gasteiger charge is -2.09. The summed E-state index contributed by atoms with van der Waals surface area (Å²) in [4.78, 5) is 12.2. The molecule has 2 rings (SSSR count). The van der Waals surface area contributed by atoms with Crippen LogP contribution in [0.3, 0.4) is 0 Å². The van der Waals surface area contributed by atoms with Crippen LogP contribution in [0.5, 0.6) is 0 Å². The molecule has 2 aromatic carbocycles. The minimum atomic E-state index is -3.39. The predicted octanol–water partition coefficient (Wildman–Crippen LogP) is 3.34. The molecule has 0 saturated carbocycles. The molecular formula is C16H16Cl2N2O3S. The Balaban J connectivity index is 1.98. The van der Waals surface area contributed by atoms with Crippen molar-refractivity contribution in [2.24, 2.45) is 0 Å². The number of hydrogen-bond donors (Lipinski definition) is 2. The third-order valence-corrected chi connectivity index (χ3v) is 4.60. The topological polar surface area (TPSA) is 75.3 Å². The van der Waals surface area contributed by atoms with Gasteiger partial charge in [0, 0.05) is 17.8 Å². The van der Waals surface area contributed by atoms with Gasteiger partial charge in [0.2, 0.25) is 10.0 Å². The van der Waals surface area contributed by atoms with Crippen LogP contribution >= 0.6 is 23.2 Å². The van der Waals surface area contributed by atoms with Gasteiger partial charge in [-0.05, 0) is 36.2 Å². The third-order valence-electron chi connectivity index (χ3n) is 3.14. The molecule has 0 fully saturated rings. The molecule has 0 bridgehead atoms. The van der Waals surface area contributed by atoms with E-state index in [9.17, 15) is 13.2 Å². The smallest absolute Gasteiger partial charge is 0.251 e. The fraction of sp³-hybridized carbons (Fsp3) is 0.188. The molecule has 1 amide bonds. The van der Waals surface area contributed by atoms with Crippen molar-refractivity contribution in [1.82, 2.24) is 5.32 Å². The standard InChI is InChI=1S/C16H16Cl2N2O3S/c1-24(22,23)20-13-6-2-5-12(10-13)16(21)19-9-8-11-4-3-7-14(17)15(11)18/h2-7,10,20H,8-9H2,1H3,(H,19,21). The highest BCUT2D eigenvalue weighted by Crippen LogP contribution is 2.25. The summed E-state index contributed by atoms with van der Waals surface area (Å²) in [6, 6.07) is 11.6. The Morgan fingerprint density at radius 3 is 2.54 bits per heavy atom. The summed E-state index contributed by atoms with van der Waals surface area (Å²) in [6.07, 6.45) is 1.58. The average molecular weight is 387 g/mol. The van der Waals surface area contributed by atoms with E-state index in [0.29, 0.717) is 34.3 Å². The maximum atomic E-state index is 12.2. The fourth-order valence-electron chi connectivity index (χ4n) is 2.09. The summed E-state index contributed by atoms with van der Waals surface area (Å²) >= 11 is 12.0. The number of nitrogens with one attached hydrogen (secondary N) is 2. The Kier molecular flexibility index (Phi) is 6.10. The van der Waals surface area contributed by atoms with E-state index in [1.807, 2.05) is 6.07 Å². The summed E-state index contributed by atoms with van der Waals surface area (Å²) in [5.74, 6) is -0.301. The van der Waals surface area contributed by atoms with Gasteiger partial charge in [0.15, 0.2) is 0 Å². The quantitative estimate of drug-likeness (QED) is 0.799. The average Bonchev–Trinajstić information content (AvgIpc) is 2.50. The second kappa shape index (κ2) is 7.88. The fourth-order valence-corrected chi connectivity index (χ4v) is 3.06. The van der Waals surface area contributed by atoms with Crippen molar-refractivity contribution in [3.63, 3.8) is 0 Å². The van der Waals surface area contributed by atoms with Crippen molar-refractivity contribution in [2.75, 3.05) is 17.5 Å². The van der Waals surface area contributed by atoms with E-state index in [1.54, 1.807) is 30.3 Å². The summed E-state index contributed by atoms with van der Waals surface area (Å²) in [5, 5.41) is 3.72. The Bertz CT molecular complexity index is 854. The third kappa shape index (κ3) is 5.40. The number of carbonyl (C=O) groups is 1. The molecule has 0 spiro atoms. The molecule has 2 aromatic rings. The summed E-state index contributed by atoms with van der Waals surface area (Å²) in [7, 11) is -3.39. The summed E-state index contributed by atoms with van der Waals surface area (Å²) in [6.45, 7) is 0.378. The Hall–Kier alpha value is -1.76. The highest BCUT2D eigenvalue weighted by atomic mass is 35.5. The molecule has 128 valence electrons. The zero-order valence-corrected chi connectivity index (χ0v) is 15.2. The minimum Gasteiger partial charge on any atom is -0.352 e. The van der Waals surface area contributed by atoms with Gasteiger partial charge in [-0.2, -0.15) is 0 Å². The van der Waals surface area contributed by atoms with Gasteiger partial charge in [-0.25, -0.2) is 8.42 Å². The first-order valence-electron chi connectivity index (χ1n) is 7.05. The largest absolute Gasteiger partial charge is 0.352 e. The van der Waals surface area contributed by atoms with Crippen molar-refractivity contribution in [3.8, 4) is 0 Å². The Labute approximate surface area is 151 Å². The van der Waals surface area contributed by atoms with E-state index < -0.39 is 10.0 Å². The number of rotatable bonds is 6. The molecule has 24 heavy (non-hydrogen) atoms. The lowest BCUT2D eigenvalue weighted by molar-refractivity contribution is 0.0954. The van der Waals surface area contributed by atoms with Gasteiger partial charge in [0.25, 0.3) is 5.91 Å². The number of sulfonamides is 1. The molecule has 0 unspecified atom stereocenters. The molecule has 0 saturated heterocycles. The van der Waals surface area contributed by atoms with E-state index in [2.05, 4.69) is 10.0 Å². The van der Waals surface area contributed by atoms with Crippen LogP contribution in [-0.2, 0) is 16.4 Å². The van der Waals surface area contributed by atoms with E-state index in [-0.39, 0.29) is 5.91 Å². The van der Waals surface area contributed by atoms with E-state index in [0.717, 1.165) is 11.8 Å². The van der Waals surface area contributed by atoms with Crippen molar-refractivity contribution in [1.29, 1.82) is 0 Å². The highest BCUT2D eigenvalue weighted by molar-refractivity contribution is 7.92. The lowest BCUT2D eigenvalue weighted by atomic mass is 10.1. The zero-order chi connectivity index (χ0) is 17.7. The molecule has 0 radical (unpaired) electrons. The van der Waals surface area contributed by atoms with Crippen LogP contribution in [0.4, 0.5) is 5.69 Å². The Morgan fingerprint density at radius 1 is 1.12 bits per heavy atom. The second-order valence-electron chi connectivity index (χ2n) is 5.17. The number of carbonyl (C=O) groups excluding carboxylic acids is 1. The van der Waals surface area contributed by atoms with Crippen LogP contribution in [0.15, 0.2) is 42.5 Å². The molecule has 0 aliphatic carbocycles. The highest BCUT2D eigenvalue weighted by Gasteiger charge is 2.09. The molecule has 0 heterocycles. The van der Waals surface area contributed by atoms with Crippen LogP contribution < -0.4 is 10.0 Å². The minimum absolute atomic E-state index is 0.301. The van der Waals surface area contributed by atoms with Crippen LogP contribution in [-0.4, -0.2) is 27.1 Å². The molecule has 0 aromatic heterocycles. The van der Waals surface area contributed by atoms with E-state index >= 15 is 0 Å². The van der Waals surface area contributed by atoms with Crippen molar-refractivity contribution < 1.29 is 13.2 Å². The van der Waals surface area contributed by atoms with Crippen molar-refractivity contribution in [3.05, 3.63) is 63.6 Å². The normalized spacial score (nSPS) is 11.1. The molecule has 5 nitrogen and oxygen atoms in total. The van der Waals surface area contributed by atoms with Crippen LogP contribution in [0.25, 0.3) is 0 Å². The summed E-state index contributed by atoms with van der Waals surface area (Å²) < 4.78 is 24.8. The van der Waals surface area contributed by atoms with E-state index in [1.165, 1.54) is 6.07 Å². The molecule has 2 N–H and O–H groups in total. The number of anilines is 1. The number of benzene rings is 2. The first kappa shape index (κ1) is 18.6. The van der Waals surface area contributed by atoms with Gasteiger partial charge in [-0.1, -0.05) is 41.4 Å².